The van der Waals surface area contributed by atoms with E-state index in [-0.39, 0.29) is 11.3 Å². The number of hydrogen-bond acceptors (Lipinski definition) is 6. The molecule has 2 heterocycles. The van der Waals surface area contributed by atoms with Gasteiger partial charge >= 0.3 is 11.3 Å². The molecule has 0 aliphatic rings. The minimum Gasteiger partial charge on any atom is -0.490 e. The van der Waals surface area contributed by atoms with Gasteiger partial charge in [0.25, 0.3) is 0 Å². The Balaban J connectivity index is 1.42. The maximum absolute atomic E-state index is 11.8. The standard InChI is InChI=1S/C26H26O6/c1-3-5-17-13-25(27)31-23-15-19(7-9-21(17)23)29-11-12-30-20-8-10-22-18(6-4-2)14-26(28)32-24(22)16-20/h7-10,13-16H,3-6,11-12H2,1-2H3. The number of benzene rings is 2. The molecule has 166 valence electrons. The maximum Gasteiger partial charge on any atom is 0.336 e. The fourth-order valence-corrected chi connectivity index (χ4v) is 3.87. The van der Waals surface area contributed by atoms with Crippen LogP contribution in [0.3, 0.4) is 0 Å². The number of rotatable bonds is 9. The van der Waals surface area contributed by atoms with Crippen LogP contribution in [0.2, 0.25) is 0 Å². The van der Waals surface area contributed by atoms with Gasteiger partial charge < -0.3 is 18.3 Å². The lowest BCUT2D eigenvalue weighted by atomic mass is 10.1. The molecule has 0 atom stereocenters. The molecule has 0 saturated carbocycles. The average Bonchev–Trinajstić information content (AvgIpc) is 2.76. The molecule has 6 nitrogen and oxygen atoms in total. The average molecular weight is 434 g/mol. The number of ether oxygens (including phenoxy) is 2. The molecule has 0 fully saturated rings. The molecule has 0 aliphatic carbocycles. The van der Waals surface area contributed by atoms with Crippen molar-refractivity contribution in [3.05, 3.63) is 80.5 Å². The van der Waals surface area contributed by atoms with Gasteiger partial charge in [0.15, 0.2) is 0 Å². The summed E-state index contributed by atoms with van der Waals surface area (Å²) in [6.07, 6.45) is 3.54. The Bertz CT molecular complexity index is 1240. The zero-order chi connectivity index (χ0) is 22.5. The van der Waals surface area contributed by atoms with Crippen LogP contribution in [0.25, 0.3) is 21.9 Å². The first-order chi connectivity index (χ1) is 15.6. The van der Waals surface area contributed by atoms with E-state index in [0.29, 0.717) is 35.9 Å². The van der Waals surface area contributed by atoms with Gasteiger partial charge in [-0.2, -0.15) is 0 Å². The Kier molecular flexibility index (Phi) is 6.59. The molecule has 32 heavy (non-hydrogen) atoms. The quantitative estimate of drug-likeness (QED) is 0.264. The van der Waals surface area contributed by atoms with Crippen molar-refractivity contribution in [2.45, 2.75) is 39.5 Å². The lowest BCUT2D eigenvalue weighted by Crippen LogP contribution is -2.09. The van der Waals surface area contributed by atoms with Crippen LogP contribution < -0.4 is 20.7 Å². The Morgan fingerprint density at radius 1 is 0.656 bits per heavy atom. The molecular weight excluding hydrogens is 408 g/mol. The summed E-state index contributed by atoms with van der Waals surface area (Å²) in [6.45, 7) is 4.76. The Morgan fingerprint density at radius 3 is 1.50 bits per heavy atom. The maximum atomic E-state index is 11.8. The first-order valence-corrected chi connectivity index (χ1v) is 11.0. The van der Waals surface area contributed by atoms with Crippen molar-refractivity contribution in [1.29, 1.82) is 0 Å². The van der Waals surface area contributed by atoms with Crippen LogP contribution in [0, 0.1) is 0 Å². The summed E-state index contributed by atoms with van der Waals surface area (Å²) in [6, 6.07) is 14.1. The summed E-state index contributed by atoms with van der Waals surface area (Å²) < 4.78 is 22.2. The van der Waals surface area contributed by atoms with Crippen LogP contribution in [0.4, 0.5) is 0 Å². The predicted molar refractivity (Wildman–Crippen MR) is 124 cm³/mol. The summed E-state index contributed by atoms with van der Waals surface area (Å²) >= 11 is 0. The van der Waals surface area contributed by atoms with E-state index < -0.39 is 0 Å². The molecule has 0 amide bonds. The highest BCUT2D eigenvalue weighted by atomic mass is 16.5. The number of hydrogen-bond donors (Lipinski definition) is 0. The molecule has 0 unspecified atom stereocenters. The van der Waals surface area contributed by atoms with Gasteiger partial charge in [-0.05, 0) is 48.2 Å². The zero-order valence-electron chi connectivity index (χ0n) is 18.3. The predicted octanol–water partition coefficient (Wildman–Crippen LogP) is 5.26. The molecule has 4 rings (SSSR count). The van der Waals surface area contributed by atoms with Gasteiger partial charge in [0.2, 0.25) is 0 Å². The van der Waals surface area contributed by atoms with E-state index in [1.54, 1.807) is 24.3 Å². The zero-order valence-corrected chi connectivity index (χ0v) is 18.3. The highest BCUT2D eigenvalue weighted by molar-refractivity contribution is 5.82. The molecule has 0 saturated heterocycles. The molecule has 6 heteroatoms. The van der Waals surface area contributed by atoms with E-state index in [9.17, 15) is 9.59 Å². The van der Waals surface area contributed by atoms with Crippen LogP contribution in [-0.4, -0.2) is 13.2 Å². The lowest BCUT2D eigenvalue weighted by molar-refractivity contribution is 0.217. The van der Waals surface area contributed by atoms with Gasteiger partial charge in [0.05, 0.1) is 0 Å². The van der Waals surface area contributed by atoms with E-state index >= 15 is 0 Å². The summed E-state index contributed by atoms with van der Waals surface area (Å²) in [5, 5.41) is 1.85. The van der Waals surface area contributed by atoms with Crippen LogP contribution in [0.1, 0.15) is 37.8 Å². The van der Waals surface area contributed by atoms with Crippen molar-refractivity contribution in [2.75, 3.05) is 13.2 Å². The summed E-state index contributed by atoms with van der Waals surface area (Å²) in [5.74, 6) is 1.21. The normalized spacial score (nSPS) is 11.2. The fourth-order valence-electron chi connectivity index (χ4n) is 3.87. The Morgan fingerprint density at radius 2 is 1.09 bits per heavy atom. The molecule has 0 N–H and O–H groups in total. The molecule has 0 radical (unpaired) electrons. The second kappa shape index (κ2) is 9.73. The van der Waals surface area contributed by atoms with Crippen LogP contribution >= 0.6 is 0 Å². The van der Waals surface area contributed by atoms with Gasteiger partial charge in [-0.1, -0.05) is 26.7 Å². The van der Waals surface area contributed by atoms with Gasteiger partial charge in [0.1, 0.15) is 35.9 Å². The third kappa shape index (κ3) is 4.85. The van der Waals surface area contributed by atoms with Crippen molar-refractivity contribution in [3.63, 3.8) is 0 Å². The van der Waals surface area contributed by atoms with Crippen LogP contribution in [-0.2, 0) is 12.8 Å². The van der Waals surface area contributed by atoms with E-state index in [1.807, 2.05) is 24.3 Å². The smallest absolute Gasteiger partial charge is 0.336 e. The minimum atomic E-state index is -0.355. The van der Waals surface area contributed by atoms with Crippen molar-refractivity contribution >= 4 is 21.9 Å². The molecule has 4 aromatic rings. The van der Waals surface area contributed by atoms with Crippen molar-refractivity contribution in [2.24, 2.45) is 0 Å². The Labute approximate surface area is 185 Å². The highest BCUT2D eigenvalue weighted by Gasteiger charge is 2.08. The molecule has 2 aromatic carbocycles. The third-order valence-corrected chi connectivity index (χ3v) is 5.26. The van der Waals surface area contributed by atoms with Crippen molar-refractivity contribution in [3.8, 4) is 11.5 Å². The second-order valence-corrected chi connectivity index (χ2v) is 7.69. The van der Waals surface area contributed by atoms with E-state index in [0.717, 1.165) is 47.6 Å². The monoisotopic (exact) mass is 434 g/mol. The summed E-state index contributed by atoms with van der Waals surface area (Å²) in [5.41, 5.74) is 2.30. The van der Waals surface area contributed by atoms with E-state index in [2.05, 4.69) is 13.8 Å². The largest absolute Gasteiger partial charge is 0.490 e. The van der Waals surface area contributed by atoms with Gasteiger partial charge in [-0.25, -0.2) is 9.59 Å². The van der Waals surface area contributed by atoms with Gasteiger partial charge in [-0.15, -0.1) is 0 Å². The first kappa shape index (κ1) is 21.7. The second-order valence-electron chi connectivity index (χ2n) is 7.69. The highest BCUT2D eigenvalue weighted by Crippen LogP contribution is 2.25. The third-order valence-electron chi connectivity index (χ3n) is 5.26. The lowest BCUT2D eigenvalue weighted by Gasteiger charge is -2.11. The molecule has 2 aromatic heterocycles. The SMILES string of the molecule is CCCc1cc(=O)oc2cc(OCCOc3ccc4c(CCC)cc(=O)oc4c3)ccc12. The molecular formula is C26H26O6. The summed E-state index contributed by atoms with van der Waals surface area (Å²) in [4.78, 5) is 23.6. The Hall–Kier alpha value is -3.54. The number of aryl methyl sites for hydroxylation is 2. The van der Waals surface area contributed by atoms with Crippen LogP contribution in [0.15, 0.2) is 67.0 Å². The summed E-state index contributed by atoms with van der Waals surface area (Å²) in [7, 11) is 0. The van der Waals surface area contributed by atoms with Gasteiger partial charge in [0, 0.05) is 35.0 Å². The van der Waals surface area contributed by atoms with Gasteiger partial charge in [-0.3, -0.25) is 0 Å². The molecule has 0 aliphatic heterocycles. The molecule has 0 bridgehead atoms. The molecule has 0 spiro atoms. The fraction of sp³-hybridized carbons (Fsp3) is 0.308. The van der Waals surface area contributed by atoms with Crippen molar-refractivity contribution < 1.29 is 18.3 Å². The number of fused-ring (bicyclic) bond motifs is 2. The topological polar surface area (TPSA) is 78.9 Å². The van der Waals surface area contributed by atoms with E-state index in [4.69, 9.17) is 18.3 Å². The minimum absolute atomic E-state index is 0.308. The van der Waals surface area contributed by atoms with Crippen molar-refractivity contribution in [1.82, 2.24) is 0 Å². The van der Waals surface area contributed by atoms with Crippen LogP contribution in [0.5, 0.6) is 11.5 Å². The first-order valence-electron chi connectivity index (χ1n) is 11.0. The van der Waals surface area contributed by atoms with E-state index in [1.165, 1.54) is 0 Å².